The van der Waals surface area contributed by atoms with Crippen LogP contribution in [0.5, 0.6) is 11.5 Å². The van der Waals surface area contributed by atoms with Crippen LogP contribution in [0.1, 0.15) is 24.4 Å². The summed E-state index contributed by atoms with van der Waals surface area (Å²) in [5, 5.41) is 2.71. The summed E-state index contributed by atoms with van der Waals surface area (Å²) in [6.45, 7) is 1.49. The van der Waals surface area contributed by atoms with Crippen LogP contribution in [0.4, 0.5) is 0 Å². The van der Waals surface area contributed by atoms with E-state index < -0.39 is 0 Å². The molecule has 118 valence electrons. The molecule has 0 bridgehead atoms. The van der Waals surface area contributed by atoms with Gasteiger partial charge in [0.1, 0.15) is 11.5 Å². The zero-order chi connectivity index (χ0) is 15.9. The number of likely N-dealkylation sites (tertiary alicyclic amines) is 1. The van der Waals surface area contributed by atoms with Gasteiger partial charge in [-0.25, -0.2) is 0 Å². The van der Waals surface area contributed by atoms with Crippen molar-refractivity contribution in [3.8, 4) is 23.8 Å². The Morgan fingerprint density at radius 3 is 2.95 bits per heavy atom. The van der Waals surface area contributed by atoms with Crippen molar-refractivity contribution in [2.24, 2.45) is 0 Å². The van der Waals surface area contributed by atoms with Crippen molar-refractivity contribution in [3.05, 3.63) is 23.8 Å². The molecular formula is C17H22N2O3. The second kappa shape index (κ2) is 7.71. The van der Waals surface area contributed by atoms with Crippen molar-refractivity contribution < 1.29 is 14.3 Å². The van der Waals surface area contributed by atoms with Gasteiger partial charge in [-0.2, -0.15) is 0 Å². The van der Waals surface area contributed by atoms with Crippen molar-refractivity contribution in [2.45, 2.75) is 18.9 Å². The number of benzene rings is 1. The lowest BCUT2D eigenvalue weighted by Gasteiger charge is -2.25. The zero-order valence-electron chi connectivity index (χ0n) is 13.1. The minimum Gasteiger partial charge on any atom is -0.497 e. The number of ether oxygens (including phenoxy) is 2. The molecule has 0 saturated carbocycles. The van der Waals surface area contributed by atoms with E-state index in [-0.39, 0.29) is 18.5 Å². The Balaban J connectivity index is 2.16. The molecule has 1 aliphatic rings. The maximum Gasteiger partial charge on any atom is 0.234 e. The highest BCUT2D eigenvalue weighted by atomic mass is 16.5. The molecule has 5 heteroatoms. The Morgan fingerprint density at radius 2 is 2.27 bits per heavy atom. The van der Waals surface area contributed by atoms with E-state index in [2.05, 4.69) is 16.1 Å². The molecule has 1 aliphatic heterocycles. The number of hydrogen-bond acceptors (Lipinski definition) is 4. The predicted molar refractivity (Wildman–Crippen MR) is 84.9 cm³/mol. The molecule has 0 unspecified atom stereocenters. The minimum atomic E-state index is -0.0493. The maximum atomic E-state index is 11.9. The van der Waals surface area contributed by atoms with Gasteiger partial charge in [0.2, 0.25) is 5.91 Å². The zero-order valence-corrected chi connectivity index (χ0v) is 13.1. The summed E-state index contributed by atoms with van der Waals surface area (Å²) in [6.07, 6.45) is 7.21. The average molecular weight is 302 g/mol. The Kier molecular flexibility index (Phi) is 5.68. The van der Waals surface area contributed by atoms with E-state index in [0.29, 0.717) is 6.54 Å². The molecule has 1 aromatic rings. The second-order valence-corrected chi connectivity index (χ2v) is 5.22. The normalized spacial score (nSPS) is 17.8. The third-order valence-electron chi connectivity index (χ3n) is 3.89. The Morgan fingerprint density at radius 1 is 1.45 bits per heavy atom. The van der Waals surface area contributed by atoms with Crippen LogP contribution in [-0.2, 0) is 4.79 Å². The molecule has 5 nitrogen and oxygen atoms in total. The molecule has 1 heterocycles. The SMILES string of the molecule is C#CCNC(=O)CN1CCC[C@H]1c1cc(OC)ccc1OC. The average Bonchev–Trinajstić information content (AvgIpc) is 3.00. The minimum absolute atomic E-state index is 0.0493. The fourth-order valence-corrected chi connectivity index (χ4v) is 2.86. The standard InChI is InChI=1S/C17H22N2O3/c1-4-9-18-17(20)12-19-10-5-6-15(19)14-11-13(21-2)7-8-16(14)22-3/h1,7-8,11,15H,5-6,9-10,12H2,2-3H3,(H,18,20)/t15-/m0/s1. The number of hydrogen-bond donors (Lipinski definition) is 1. The van der Waals surface area contributed by atoms with Gasteiger partial charge in [0.15, 0.2) is 0 Å². The van der Waals surface area contributed by atoms with Gasteiger partial charge < -0.3 is 14.8 Å². The molecule has 0 radical (unpaired) electrons. The van der Waals surface area contributed by atoms with Crippen LogP contribution in [0.3, 0.4) is 0 Å². The van der Waals surface area contributed by atoms with Gasteiger partial charge in [-0.05, 0) is 37.6 Å². The van der Waals surface area contributed by atoms with Crippen LogP contribution in [0, 0.1) is 12.3 Å². The van der Waals surface area contributed by atoms with Crippen LogP contribution in [0.2, 0.25) is 0 Å². The molecule has 0 aromatic heterocycles. The molecule has 0 aliphatic carbocycles. The maximum absolute atomic E-state index is 11.9. The van der Waals surface area contributed by atoms with Crippen molar-refractivity contribution in [2.75, 3.05) is 33.9 Å². The Bertz CT molecular complexity index is 566. The molecule has 1 amide bonds. The quantitative estimate of drug-likeness (QED) is 0.811. The van der Waals surface area contributed by atoms with Gasteiger partial charge in [-0.1, -0.05) is 5.92 Å². The smallest absolute Gasteiger partial charge is 0.234 e. The van der Waals surface area contributed by atoms with Crippen molar-refractivity contribution in [1.82, 2.24) is 10.2 Å². The lowest BCUT2D eigenvalue weighted by atomic mass is 10.0. The highest BCUT2D eigenvalue weighted by molar-refractivity contribution is 5.78. The summed E-state index contributed by atoms with van der Waals surface area (Å²) in [5.41, 5.74) is 1.06. The Labute approximate surface area is 131 Å². The van der Waals surface area contributed by atoms with Crippen molar-refractivity contribution in [3.63, 3.8) is 0 Å². The number of methoxy groups -OCH3 is 2. The fourth-order valence-electron chi connectivity index (χ4n) is 2.86. The molecule has 1 saturated heterocycles. The first-order chi connectivity index (χ1) is 10.7. The van der Waals surface area contributed by atoms with E-state index in [1.54, 1.807) is 14.2 Å². The number of amides is 1. The third-order valence-corrected chi connectivity index (χ3v) is 3.89. The number of nitrogens with zero attached hydrogens (tertiary/aromatic N) is 1. The van der Waals surface area contributed by atoms with E-state index in [4.69, 9.17) is 15.9 Å². The highest BCUT2D eigenvalue weighted by Crippen LogP contribution is 2.38. The molecule has 2 rings (SSSR count). The summed E-state index contributed by atoms with van der Waals surface area (Å²) >= 11 is 0. The Hall–Kier alpha value is -2.19. The van der Waals surface area contributed by atoms with E-state index in [9.17, 15) is 4.79 Å². The number of carbonyl (C=O) groups excluding carboxylic acids is 1. The lowest BCUT2D eigenvalue weighted by Crippen LogP contribution is -2.37. The number of terminal acetylenes is 1. The topological polar surface area (TPSA) is 50.8 Å². The molecule has 1 N–H and O–H groups in total. The van der Waals surface area contributed by atoms with Crippen LogP contribution < -0.4 is 14.8 Å². The highest BCUT2D eigenvalue weighted by Gasteiger charge is 2.29. The predicted octanol–water partition coefficient (Wildman–Crippen LogP) is 1.59. The first kappa shape index (κ1) is 16.2. The molecular weight excluding hydrogens is 280 g/mol. The largest absolute Gasteiger partial charge is 0.497 e. The van der Waals surface area contributed by atoms with Crippen LogP contribution in [-0.4, -0.2) is 44.7 Å². The van der Waals surface area contributed by atoms with Crippen LogP contribution >= 0.6 is 0 Å². The summed E-state index contributed by atoms with van der Waals surface area (Å²) in [4.78, 5) is 14.1. The molecule has 1 aromatic carbocycles. The van der Waals surface area contributed by atoms with Crippen molar-refractivity contribution >= 4 is 5.91 Å². The summed E-state index contributed by atoms with van der Waals surface area (Å²) in [7, 11) is 3.30. The first-order valence-electron chi connectivity index (χ1n) is 7.35. The van der Waals surface area contributed by atoms with Gasteiger partial charge in [0.25, 0.3) is 0 Å². The van der Waals surface area contributed by atoms with Crippen LogP contribution in [0.25, 0.3) is 0 Å². The van der Waals surface area contributed by atoms with Crippen molar-refractivity contribution in [1.29, 1.82) is 0 Å². The van der Waals surface area contributed by atoms with Gasteiger partial charge in [0.05, 0.1) is 27.3 Å². The first-order valence-corrected chi connectivity index (χ1v) is 7.35. The molecule has 1 fully saturated rings. The van der Waals surface area contributed by atoms with Gasteiger partial charge in [-0.15, -0.1) is 6.42 Å². The summed E-state index contributed by atoms with van der Waals surface area (Å²) in [5.74, 6) is 3.98. The number of carbonyl (C=O) groups is 1. The summed E-state index contributed by atoms with van der Waals surface area (Å²) in [6, 6.07) is 5.92. The van der Waals surface area contributed by atoms with Gasteiger partial charge >= 0.3 is 0 Å². The van der Waals surface area contributed by atoms with E-state index in [0.717, 1.165) is 36.4 Å². The van der Waals surface area contributed by atoms with Gasteiger partial charge in [0, 0.05) is 11.6 Å². The van der Waals surface area contributed by atoms with E-state index in [1.165, 1.54) is 0 Å². The third kappa shape index (κ3) is 3.71. The molecule has 22 heavy (non-hydrogen) atoms. The molecule has 1 atom stereocenters. The van der Waals surface area contributed by atoms with E-state index >= 15 is 0 Å². The van der Waals surface area contributed by atoms with Crippen LogP contribution in [0.15, 0.2) is 18.2 Å². The lowest BCUT2D eigenvalue weighted by molar-refractivity contribution is -0.122. The number of nitrogens with one attached hydrogen (secondary N) is 1. The monoisotopic (exact) mass is 302 g/mol. The second-order valence-electron chi connectivity index (χ2n) is 5.22. The number of rotatable bonds is 6. The van der Waals surface area contributed by atoms with E-state index in [1.807, 2.05) is 18.2 Å². The van der Waals surface area contributed by atoms with Gasteiger partial charge in [-0.3, -0.25) is 9.69 Å². The fraction of sp³-hybridized carbons (Fsp3) is 0.471. The molecule has 0 spiro atoms. The summed E-state index contributed by atoms with van der Waals surface area (Å²) < 4.78 is 10.8.